The van der Waals surface area contributed by atoms with Gasteiger partial charge >= 0.3 is 0 Å². The van der Waals surface area contributed by atoms with E-state index in [1.54, 1.807) is 47.6 Å². The van der Waals surface area contributed by atoms with Crippen molar-refractivity contribution in [3.8, 4) is 6.07 Å². The van der Waals surface area contributed by atoms with Gasteiger partial charge in [-0.15, -0.1) is 0 Å². The Labute approximate surface area is 168 Å². The largest absolute Gasteiger partial charge is 0.353 e. The topological polar surface area (TPSA) is 98.0 Å². The molecule has 0 radical (unpaired) electrons. The summed E-state index contributed by atoms with van der Waals surface area (Å²) in [6.07, 6.45) is 3.34. The molecule has 1 N–H and O–H groups in total. The van der Waals surface area contributed by atoms with Crippen molar-refractivity contribution in [2.24, 2.45) is 0 Å². The molecule has 1 aliphatic heterocycles. The summed E-state index contributed by atoms with van der Waals surface area (Å²) in [5, 5.41) is 11.9. The summed E-state index contributed by atoms with van der Waals surface area (Å²) in [6, 6.07) is 16.5. The molecular formula is C21H19N7O. The van der Waals surface area contributed by atoms with Gasteiger partial charge in [0.1, 0.15) is 11.5 Å². The number of hydrogen-bond donors (Lipinski definition) is 1. The van der Waals surface area contributed by atoms with Crippen molar-refractivity contribution in [3.63, 3.8) is 0 Å². The first-order valence-corrected chi connectivity index (χ1v) is 9.28. The molecule has 8 heteroatoms. The van der Waals surface area contributed by atoms with Crippen LogP contribution >= 0.6 is 0 Å². The number of nitrogens with zero attached hydrogens (tertiary/aromatic N) is 6. The minimum atomic E-state index is -0.115. The third-order valence-electron chi connectivity index (χ3n) is 4.68. The van der Waals surface area contributed by atoms with Gasteiger partial charge in [0.25, 0.3) is 5.91 Å². The third-order valence-corrected chi connectivity index (χ3v) is 4.68. The number of nitriles is 1. The molecule has 3 heterocycles. The van der Waals surface area contributed by atoms with Gasteiger partial charge in [0.15, 0.2) is 0 Å². The van der Waals surface area contributed by atoms with E-state index in [1.165, 1.54) is 0 Å². The lowest BCUT2D eigenvalue weighted by molar-refractivity contribution is 0.0740. The summed E-state index contributed by atoms with van der Waals surface area (Å²) in [4.78, 5) is 29.7. The van der Waals surface area contributed by atoms with Crippen molar-refractivity contribution in [1.82, 2.24) is 19.9 Å². The van der Waals surface area contributed by atoms with Crippen LogP contribution in [0, 0.1) is 11.3 Å². The summed E-state index contributed by atoms with van der Waals surface area (Å²) in [5.41, 5.74) is 1.67. The molecule has 29 heavy (non-hydrogen) atoms. The summed E-state index contributed by atoms with van der Waals surface area (Å²) in [5.74, 6) is 1.15. The maximum Gasteiger partial charge on any atom is 0.272 e. The number of pyridine rings is 1. The van der Waals surface area contributed by atoms with Gasteiger partial charge in [0, 0.05) is 44.3 Å². The molecule has 3 aromatic rings. The Kier molecular flexibility index (Phi) is 5.29. The number of piperazine rings is 1. The molecule has 1 aliphatic rings. The number of aromatic nitrogens is 3. The Balaban J connectivity index is 1.40. The zero-order valence-corrected chi connectivity index (χ0v) is 15.7. The predicted octanol–water partition coefficient (Wildman–Crippen LogP) is 2.45. The van der Waals surface area contributed by atoms with Crippen molar-refractivity contribution < 1.29 is 4.79 Å². The van der Waals surface area contributed by atoms with E-state index in [1.807, 2.05) is 18.2 Å². The van der Waals surface area contributed by atoms with Gasteiger partial charge in [-0.05, 0) is 42.5 Å². The SMILES string of the molecule is N#Cc1ccc(Nc2nccc(C(=O)N3CCN(c4ccccn4)CC3)n2)cc1. The van der Waals surface area contributed by atoms with Crippen LogP contribution in [0.25, 0.3) is 0 Å². The number of hydrogen-bond acceptors (Lipinski definition) is 7. The van der Waals surface area contributed by atoms with Crippen molar-refractivity contribution >= 4 is 23.4 Å². The maximum atomic E-state index is 12.9. The molecule has 0 atom stereocenters. The van der Waals surface area contributed by atoms with Crippen LogP contribution in [0.2, 0.25) is 0 Å². The van der Waals surface area contributed by atoms with Gasteiger partial charge in [-0.25, -0.2) is 15.0 Å². The van der Waals surface area contributed by atoms with Gasteiger partial charge in [0.2, 0.25) is 5.95 Å². The monoisotopic (exact) mass is 385 g/mol. The number of benzene rings is 1. The molecule has 2 aromatic heterocycles. The highest BCUT2D eigenvalue weighted by molar-refractivity contribution is 5.92. The quantitative estimate of drug-likeness (QED) is 0.736. The van der Waals surface area contributed by atoms with Gasteiger partial charge in [-0.1, -0.05) is 6.07 Å². The molecule has 1 fully saturated rings. The van der Waals surface area contributed by atoms with Crippen LogP contribution in [0.1, 0.15) is 16.1 Å². The van der Waals surface area contributed by atoms with Gasteiger partial charge in [-0.2, -0.15) is 5.26 Å². The molecule has 144 valence electrons. The second-order valence-electron chi connectivity index (χ2n) is 6.55. The normalized spacial score (nSPS) is 13.6. The van der Waals surface area contributed by atoms with Crippen molar-refractivity contribution in [2.75, 3.05) is 36.4 Å². The van der Waals surface area contributed by atoms with Gasteiger partial charge in [0.05, 0.1) is 11.6 Å². The van der Waals surface area contributed by atoms with E-state index < -0.39 is 0 Å². The molecule has 0 bridgehead atoms. The Morgan fingerprint density at radius 3 is 2.45 bits per heavy atom. The number of carbonyl (C=O) groups is 1. The van der Waals surface area contributed by atoms with E-state index in [-0.39, 0.29) is 5.91 Å². The number of nitrogens with one attached hydrogen (secondary N) is 1. The van der Waals surface area contributed by atoms with Crippen LogP contribution in [0.15, 0.2) is 60.9 Å². The Morgan fingerprint density at radius 1 is 0.966 bits per heavy atom. The Bertz CT molecular complexity index is 1020. The smallest absolute Gasteiger partial charge is 0.272 e. The zero-order valence-electron chi connectivity index (χ0n) is 15.7. The fourth-order valence-electron chi connectivity index (χ4n) is 3.14. The summed E-state index contributed by atoms with van der Waals surface area (Å²) in [7, 11) is 0. The molecular weight excluding hydrogens is 366 g/mol. The van der Waals surface area contributed by atoms with E-state index in [2.05, 4.69) is 31.2 Å². The first kappa shape index (κ1) is 18.4. The van der Waals surface area contributed by atoms with Crippen LogP contribution in [0.3, 0.4) is 0 Å². The first-order valence-electron chi connectivity index (χ1n) is 9.28. The molecule has 1 saturated heterocycles. The highest BCUT2D eigenvalue weighted by Gasteiger charge is 2.23. The van der Waals surface area contributed by atoms with Crippen LogP contribution < -0.4 is 10.2 Å². The lowest BCUT2D eigenvalue weighted by Gasteiger charge is -2.35. The summed E-state index contributed by atoms with van der Waals surface area (Å²) in [6.45, 7) is 2.67. The van der Waals surface area contributed by atoms with E-state index >= 15 is 0 Å². The van der Waals surface area contributed by atoms with Crippen LogP contribution in [-0.2, 0) is 0 Å². The van der Waals surface area contributed by atoms with Crippen molar-refractivity contribution in [1.29, 1.82) is 5.26 Å². The Hall–Kier alpha value is -3.99. The second-order valence-corrected chi connectivity index (χ2v) is 6.55. The zero-order chi connectivity index (χ0) is 20.1. The summed E-state index contributed by atoms with van der Waals surface area (Å²) >= 11 is 0. The minimum absolute atomic E-state index is 0.115. The van der Waals surface area contributed by atoms with Crippen LogP contribution in [-0.4, -0.2) is 51.9 Å². The number of amides is 1. The molecule has 0 saturated carbocycles. The molecule has 1 amide bonds. The maximum absolute atomic E-state index is 12.9. The fraction of sp³-hybridized carbons (Fsp3) is 0.190. The standard InChI is InChI=1S/C21H19N7O/c22-15-16-4-6-17(7-5-16)25-21-24-10-8-18(26-21)20(29)28-13-11-27(12-14-28)19-3-1-2-9-23-19/h1-10H,11-14H2,(H,24,25,26). The highest BCUT2D eigenvalue weighted by Crippen LogP contribution is 2.16. The van der Waals surface area contributed by atoms with E-state index in [0.717, 1.165) is 24.6 Å². The molecule has 1 aromatic carbocycles. The minimum Gasteiger partial charge on any atom is -0.353 e. The Morgan fingerprint density at radius 2 is 1.76 bits per heavy atom. The van der Waals surface area contributed by atoms with Gasteiger partial charge in [-0.3, -0.25) is 4.79 Å². The average molecular weight is 385 g/mol. The summed E-state index contributed by atoms with van der Waals surface area (Å²) < 4.78 is 0. The molecule has 4 rings (SSSR count). The van der Waals surface area contributed by atoms with Crippen LogP contribution in [0.5, 0.6) is 0 Å². The molecule has 0 spiro atoms. The van der Waals surface area contributed by atoms with E-state index in [0.29, 0.717) is 30.3 Å². The number of anilines is 3. The predicted molar refractivity (Wildman–Crippen MR) is 109 cm³/mol. The number of rotatable bonds is 4. The lowest BCUT2D eigenvalue weighted by Crippen LogP contribution is -2.49. The average Bonchev–Trinajstić information content (AvgIpc) is 2.80. The highest BCUT2D eigenvalue weighted by atomic mass is 16.2. The van der Waals surface area contributed by atoms with Gasteiger partial charge < -0.3 is 15.1 Å². The van der Waals surface area contributed by atoms with E-state index in [9.17, 15) is 4.79 Å². The fourth-order valence-corrected chi connectivity index (χ4v) is 3.14. The first-order chi connectivity index (χ1) is 14.2. The lowest BCUT2D eigenvalue weighted by atomic mass is 10.2. The molecule has 0 unspecified atom stereocenters. The molecule has 0 aliphatic carbocycles. The number of carbonyl (C=O) groups excluding carboxylic acids is 1. The molecule has 8 nitrogen and oxygen atoms in total. The second kappa shape index (κ2) is 8.35. The van der Waals surface area contributed by atoms with E-state index in [4.69, 9.17) is 5.26 Å². The van der Waals surface area contributed by atoms with Crippen molar-refractivity contribution in [3.05, 3.63) is 72.2 Å². The third kappa shape index (κ3) is 4.30. The van der Waals surface area contributed by atoms with Crippen LogP contribution in [0.4, 0.5) is 17.5 Å². The van der Waals surface area contributed by atoms with Crippen molar-refractivity contribution in [2.45, 2.75) is 0 Å².